The first-order valence-electron chi connectivity index (χ1n) is 6.43. The van der Waals surface area contributed by atoms with Crippen molar-refractivity contribution in [2.24, 2.45) is 5.84 Å². The standard InChI is InChI=1S/C16H19BrN2O/c1-10-4-5-15(20-3)14(8-10)16(19-18)12-6-11(2)7-13(17)9-12/h4-9,16,19H,18H2,1-3H3. The molecule has 0 saturated carbocycles. The quantitative estimate of drug-likeness (QED) is 0.663. The highest BCUT2D eigenvalue weighted by Gasteiger charge is 2.17. The third-order valence-corrected chi connectivity index (χ3v) is 3.72. The smallest absolute Gasteiger partial charge is 0.124 e. The second kappa shape index (κ2) is 6.39. The van der Waals surface area contributed by atoms with Gasteiger partial charge in [0.1, 0.15) is 5.75 Å². The number of nitrogens with one attached hydrogen (secondary N) is 1. The van der Waals surface area contributed by atoms with E-state index in [4.69, 9.17) is 10.6 Å². The zero-order valence-electron chi connectivity index (χ0n) is 11.9. The minimum absolute atomic E-state index is 0.110. The molecule has 20 heavy (non-hydrogen) atoms. The summed E-state index contributed by atoms with van der Waals surface area (Å²) in [7, 11) is 1.67. The van der Waals surface area contributed by atoms with Crippen molar-refractivity contribution in [1.29, 1.82) is 0 Å². The van der Waals surface area contributed by atoms with Gasteiger partial charge in [0.25, 0.3) is 0 Å². The number of methoxy groups -OCH3 is 1. The summed E-state index contributed by atoms with van der Waals surface area (Å²) in [6, 6.07) is 12.3. The molecule has 3 N–H and O–H groups in total. The number of hydrogen-bond acceptors (Lipinski definition) is 3. The van der Waals surface area contributed by atoms with Gasteiger partial charge in [-0.15, -0.1) is 0 Å². The van der Waals surface area contributed by atoms with Crippen LogP contribution in [0.4, 0.5) is 0 Å². The van der Waals surface area contributed by atoms with Gasteiger partial charge in [-0.3, -0.25) is 5.84 Å². The number of hydrogen-bond donors (Lipinski definition) is 2. The molecule has 1 atom stereocenters. The van der Waals surface area contributed by atoms with E-state index in [2.05, 4.69) is 59.5 Å². The normalized spacial score (nSPS) is 12.2. The summed E-state index contributed by atoms with van der Waals surface area (Å²) in [4.78, 5) is 0. The molecule has 4 heteroatoms. The zero-order valence-corrected chi connectivity index (χ0v) is 13.5. The van der Waals surface area contributed by atoms with Crippen LogP contribution in [0.15, 0.2) is 40.9 Å². The molecule has 0 amide bonds. The van der Waals surface area contributed by atoms with E-state index in [-0.39, 0.29) is 6.04 Å². The van der Waals surface area contributed by atoms with Crippen LogP contribution in [0.25, 0.3) is 0 Å². The molecule has 2 aromatic rings. The van der Waals surface area contributed by atoms with Gasteiger partial charge in [-0.25, -0.2) is 5.43 Å². The van der Waals surface area contributed by atoms with Crippen molar-refractivity contribution in [2.45, 2.75) is 19.9 Å². The van der Waals surface area contributed by atoms with Crippen molar-refractivity contribution in [2.75, 3.05) is 7.11 Å². The van der Waals surface area contributed by atoms with Gasteiger partial charge in [-0.05, 0) is 43.2 Å². The fourth-order valence-electron chi connectivity index (χ4n) is 2.38. The van der Waals surface area contributed by atoms with E-state index >= 15 is 0 Å². The molecule has 0 spiro atoms. The summed E-state index contributed by atoms with van der Waals surface area (Å²) in [6.07, 6.45) is 0. The van der Waals surface area contributed by atoms with Crippen molar-refractivity contribution < 1.29 is 4.74 Å². The van der Waals surface area contributed by atoms with Crippen LogP contribution in [-0.2, 0) is 0 Å². The molecule has 0 aliphatic rings. The molecule has 2 rings (SSSR count). The number of nitrogens with two attached hydrogens (primary N) is 1. The molecule has 0 radical (unpaired) electrons. The summed E-state index contributed by atoms with van der Waals surface area (Å²) in [5, 5.41) is 0. The van der Waals surface area contributed by atoms with Gasteiger partial charge in [0.2, 0.25) is 0 Å². The van der Waals surface area contributed by atoms with E-state index in [9.17, 15) is 0 Å². The molecule has 106 valence electrons. The summed E-state index contributed by atoms with van der Waals surface area (Å²) in [5.74, 6) is 6.62. The predicted molar refractivity (Wildman–Crippen MR) is 85.8 cm³/mol. The highest BCUT2D eigenvalue weighted by atomic mass is 79.9. The van der Waals surface area contributed by atoms with Gasteiger partial charge in [0.05, 0.1) is 13.2 Å². The van der Waals surface area contributed by atoms with Crippen LogP contribution >= 0.6 is 15.9 Å². The molecule has 0 aliphatic carbocycles. The highest BCUT2D eigenvalue weighted by Crippen LogP contribution is 2.32. The summed E-state index contributed by atoms with van der Waals surface area (Å²) in [6.45, 7) is 4.12. The van der Waals surface area contributed by atoms with Crippen molar-refractivity contribution >= 4 is 15.9 Å². The Hall–Kier alpha value is -1.36. The van der Waals surface area contributed by atoms with Crippen molar-refractivity contribution in [3.63, 3.8) is 0 Å². The van der Waals surface area contributed by atoms with Crippen LogP contribution < -0.4 is 16.0 Å². The first kappa shape index (κ1) is 15.0. The Morgan fingerprint density at radius 1 is 1.10 bits per heavy atom. The average molecular weight is 335 g/mol. The third-order valence-electron chi connectivity index (χ3n) is 3.26. The third kappa shape index (κ3) is 3.20. The molecule has 3 nitrogen and oxygen atoms in total. The lowest BCUT2D eigenvalue weighted by Crippen LogP contribution is -2.29. The average Bonchev–Trinajstić information content (AvgIpc) is 2.39. The van der Waals surface area contributed by atoms with Gasteiger partial charge in [-0.2, -0.15) is 0 Å². The number of benzene rings is 2. The number of halogens is 1. The molecule has 0 aliphatic heterocycles. The molecule has 0 saturated heterocycles. The van der Waals surface area contributed by atoms with Crippen molar-refractivity contribution in [3.8, 4) is 5.75 Å². The van der Waals surface area contributed by atoms with Crippen LogP contribution in [0, 0.1) is 13.8 Å². The maximum Gasteiger partial charge on any atom is 0.124 e. The zero-order chi connectivity index (χ0) is 14.7. The summed E-state index contributed by atoms with van der Waals surface area (Å²) < 4.78 is 6.50. The second-order valence-electron chi connectivity index (χ2n) is 4.91. The summed E-state index contributed by atoms with van der Waals surface area (Å²) >= 11 is 3.53. The van der Waals surface area contributed by atoms with E-state index in [0.29, 0.717) is 0 Å². The lowest BCUT2D eigenvalue weighted by Gasteiger charge is -2.21. The van der Waals surface area contributed by atoms with Crippen molar-refractivity contribution in [3.05, 3.63) is 63.1 Å². The van der Waals surface area contributed by atoms with Crippen LogP contribution in [0.1, 0.15) is 28.3 Å². The van der Waals surface area contributed by atoms with Gasteiger partial charge in [0.15, 0.2) is 0 Å². The molecular weight excluding hydrogens is 316 g/mol. The van der Waals surface area contributed by atoms with E-state index in [1.54, 1.807) is 7.11 Å². The molecule has 0 bridgehead atoms. The monoisotopic (exact) mass is 334 g/mol. The van der Waals surface area contributed by atoms with Gasteiger partial charge >= 0.3 is 0 Å². The van der Waals surface area contributed by atoms with Crippen LogP contribution in [0.3, 0.4) is 0 Å². The van der Waals surface area contributed by atoms with Gasteiger partial charge in [-0.1, -0.05) is 39.7 Å². The topological polar surface area (TPSA) is 47.3 Å². The van der Waals surface area contributed by atoms with E-state index in [0.717, 1.165) is 21.3 Å². The Bertz CT molecular complexity index is 593. The molecular formula is C16H19BrN2O. The second-order valence-corrected chi connectivity index (χ2v) is 5.82. The van der Waals surface area contributed by atoms with E-state index in [1.165, 1.54) is 11.1 Å². The maximum absolute atomic E-state index is 5.79. The SMILES string of the molecule is COc1ccc(C)cc1C(NN)c1cc(C)cc(Br)c1. The lowest BCUT2D eigenvalue weighted by atomic mass is 9.96. The summed E-state index contributed by atoms with van der Waals surface area (Å²) in [5.41, 5.74) is 7.38. The molecule has 0 heterocycles. The number of hydrazine groups is 1. The Labute approximate surface area is 128 Å². The lowest BCUT2D eigenvalue weighted by molar-refractivity contribution is 0.404. The number of ether oxygens (including phenoxy) is 1. The fourth-order valence-corrected chi connectivity index (χ4v) is 3.00. The van der Waals surface area contributed by atoms with Crippen LogP contribution in [0.2, 0.25) is 0 Å². The van der Waals surface area contributed by atoms with Crippen LogP contribution in [-0.4, -0.2) is 7.11 Å². The minimum atomic E-state index is -0.110. The van der Waals surface area contributed by atoms with E-state index in [1.807, 2.05) is 12.1 Å². The largest absolute Gasteiger partial charge is 0.496 e. The predicted octanol–water partition coefficient (Wildman–Crippen LogP) is 3.63. The van der Waals surface area contributed by atoms with Gasteiger partial charge in [0, 0.05) is 10.0 Å². The Morgan fingerprint density at radius 2 is 1.85 bits per heavy atom. The molecule has 1 unspecified atom stereocenters. The first-order valence-corrected chi connectivity index (χ1v) is 7.22. The molecule has 0 fully saturated rings. The molecule has 2 aromatic carbocycles. The highest BCUT2D eigenvalue weighted by molar-refractivity contribution is 9.10. The maximum atomic E-state index is 5.79. The minimum Gasteiger partial charge on any atom is -0.496 e. The number of aryl methyl sites for hydroxylation is 2. The van der Waals surface area contributed by atoms with Gasteiger partial charge < -0.3 is 4.74 Å². The fraction of sp³-hybridized carbons (Fsp3) is 0.250. The Morgan fingerprint density at radius 3 is 2.45 bits per heavy atom. The molecule has 0 aromatic heterocycles. The van der Waals surface area contributed by atoms with Crippen LogP contribution in [0.5, 0.6) is 5.75 Å². The first-order chi connectivity index (χ1) is 9.55. The Kier molecular flexibility index (Phi) is 4.81. The van der Waals surface area contributed by atoms with E-state index < -0.39 is 0 Å². The van der Waals surface area contributed by atoms with Crippen molar-refractivity contribution in [1.82, 2.24) is 5.43 Å². The Balaban J connectivity index is 2.54. The number of rotatable bonds is 4.